The molecule has 2 heterocycles. The Hall–Kier alpha value is -2.11. The van der Waals surface area contributed by atoms with Gasteiger partial charge in [0.25, 0.3) is 0 Å². The Morgan fingerprint density at radius 1 is 1.44 bits per heavy atom. The highest BCUT2D eigenvalue weighted by Gasteiger charge is 2.04. The van der Waals surface area contributed by atoms with Crippen molar-refractivity contribution in [1.82, 2.24) is 19.7 Å². The van der Waals surface area contributed by atoms with Gasteiger partial charge in [-0.2, -0.15) is 5.10 Å². The molecule has 0 unspecified atom stereocenters. The highest BCUT2D eigenvalue weighted by atomic mass is 15.3. The highest BCUT2D eigenvalue weighted by molar-refractivity contribution is 5.59. The maximum Gasteiger partial charge on any atom is 0.152 e. The van der Waals surface area contributed by atoms with Gasteiger partial charge < -0.3 is 11.1 Å². The third-order valence-corrected chi connectivity index (χ3v) is 2.52. The molecule has 6 heteroatoms. The van der Waals surface area contributed by atoms with E-state index in [0.29, 0.717) is 18.1 Å². The highest BCUT2D eigenvalue weighted by Crippen LogP contribution is 2.14. The van der Waals surface area contributed by atoms with E-state index in [1.54, 1.807) is 6.20 Å². The lowest BCUT2D eigenvalue weighted by Gasteiger charge is -2.06. The first kappa shape index (κ1) is 10.4. The number of aromatic nitrogens is 4. The van der Waals surface area contributed by atoms with Crippen molar-refractivity contribution in [3.8, 4) is 0 Å². The number of nitrogen functional groups attached to an aromatic ring is 1. The van der Waals surface area contributed by atoms with Crippen molar-refractivity contribution in [3.63, 3.8) is 0 Å². The summed E-state index contributed by atoms with van der Waals surface area (Å²) in [6.45, 7) is 2.67. The number of hydrogen-bond donors (Lipinski definition) is 2. The first-order chi connectivity index (χ1) is 7.68. The van der Waals surface area contributed by atoms with Gasteiger partial charge in [0.05, 0.1) is 18.1 Å². The second kappa shape index (κ2) is 4.18. The maximum absolute atomic E-state index is 5.72. The van der Waals surface area contributed by atoms with Crippen LogP contribution in [0.25, 0.3) is 0 Å². The molecule has 84 valence electrons. The van der Waals surface area contributed by atoms with Crippen LogP contribution in [-0.2, 0) is 13.6 Å². The third-order valence-electron chi connectivity index (χ3n) is 2.52. The Bertz CT molecular complexity index is 490. The van der Waals surface area contributed by atoms with Gasteiger partial charge in [0, 0.05) is 24.8 Å². The molecule has 0 aromatic carbocycles. The molecule has 0 aliphatic heterocycles. The van der Waals surface area contributed by atoms with E-state index in [0.717, 1.165) is 11.3 Å². The van der Waals surface area contributed by atoms with E-state index in [9.17, 15) is 0 Å². The number of nitrogens with two attached hydrogens (primary N) is 1. The van der Waals surface area contributed by atoms with Crippen LogP contribution in [0.3, 0.4) is 0 Å². The summed E-state index contributed by atoms with van der Waals surface area (Å²) in [4.78, 5) is 7.88. The van der Waals surface area contributed by atoms with Gasteiger partial charge in [-0.15, -0.1) is 0 Å². The molecule has 3 N–H and O–H groups in total. The molecule has 2 aromatic heterocycles. The van der Waals surface area contributed by atoms with Crippen molar-refractivity contribution in [2.24, 2.45) is 7.05 Å². The Kier molecular flexibility index (Phi) is 2.72. The predicted octanol–water partition coefficient (Wildman–Crippen LogP) is 0.713. The van der Waals surface area contributed by atoms with Crippen LogP contribution in [0.1, 0.15) is 11.3 Å². The van der Waals surface area contributed by atoms with Crippen molar-refractivity contribution < 1.29 is 0 Å². The molecule has 6 nitrogen and oxygen atoms in total. The molecule has 0 aliphatic carbocycles. The smallest absolute Gasteiger partial charge is 0.152 e. The van der Waals surface area contributed by atoms with E-state index in [1.807, 2.05) is 24.9 Å². The molecule has 0 spiro atoms. The first-order valence-corrected chi connectivity index (χ1v) is 4.95. The summed E-state index contributed by atoms with van der Waals surface area (Å²) in [6.07, 6.45) is 4.87. The largest absolute Gasteiger partial charge is 0.394 e. The van der Waals surface area contributed by atoms with Crippen molar-refractivity contribution in [2.75, 3.05) is 11.1 Å². The Morgan fingerprint density at radius 3 is 2.88 bits per heavy atom. The van der Waals surface area contributed by atoms with Crippen LogP contribution in [-0.4, -0.2) is 19.7 Å². The molecule has 0 amide bonds. The van der Waals surface area contributed by atoms with Gasteiger partial charge in [-0.3, -0.25) is 4.68 Å². The van der Waals surface area contributed by atoms with E-state index < -0.39 is 0 Å². The van der Waals surface area contributed by atoms with Crippen LogP contribution in [0.5, 0.6) is 0 Å². The SMILES string of the molecule is Cc1c(CNc2ncncc2N)cnn1C. The fourth-order valence-corrected chi connectivity index (χ4v) is 1.38. The van der Waals surface area contributed by atoms with Crippen LogP contribution in [0.4, 0.5) is 11.5 Å². The Balaban J connectivity index is 2.08. The minimum Gasteiger partial charge on any atom is -0.394 e. The summed E-state index contributed by atoms with van der Waals surface area (Å²) in [7, 11) is 1.91. The van der Waals surface area contributed by atoms with Crippen molar-refractivity contribution in [3.05, 3.63) is 30.0 Å². The lowest BCUT2D eigenvalue weighted by atomic mass is 10.2. The average molecular weight is 218 g/mol. The molecule has 2 aromatic rings. The summed E-state index contributed by atoms with van der Waals surface area (Å²) in [5, 5.41) is 7.32. The van der Waals surface area contributed by atoms with Crippen LogP contribution in [0, 0.1) is 6.92 Å². The lowest BCUT2D eigenvalue weighted by Crippen LogP contribution is -2.05. The Labute approximate surface area is 93.5 Å². The fourth-order valence-electron chi connectivity index (χ4n) is 1.38. The zero-order chi connectivity index (χ0) is 11.5. The molecule has 0 atom stereocenters. The Morgan fingerprint density at radius 2 is 2.25 bits per heavy atom. The van der Waals surface area contributed by atoms with Gasteiger partial charge in [0.15, 0.2) is 5.82 Å². The van der Waals surface area contributed by atoms with Gasteiger partial charge >= 0.3 is 0 Å². The summed E-state index contributed by atoms with van der Waals surface area (Å²) >= 11 is 0. The normalized spacial score (nSPS) is 10.4. The molecular weight excluding hydrogens is 204 g/mol. The molecule has 2 rings (SSSR count). The van der Waals surface area contributed by atoms with Crippen LogP contribution < -0.4 is 11.1 Å². The topological polar surface area (TPSA) is 81.7 Å². The molecule has 0 fully saturated rings. The monoisotopic (exact) mass is 218 g/mol. The first-order valence-electron chi connectivity index (χ1n) is 4.95. The van der Waals surface area contributed by atoms with Gasteiger partial charge in [-0.1, -0.05) is 0 Å². The van der Waals surface area contributed by atoms with Crippen molar-refractivity contribution >= 4 is 11.5 Å². The van der Waals surface area contributed by atoms with Crippen LogP contribution >= 0.6 is 0 Å². The molecule has 0 radical (unpaired) electrons. The minimum atomic E-state index is 0.545. The second-order valence-corrected chi connectivity index (χ2v) is 3.56. The molecule has 0 aliphatic rings. The van der Waals surface area contributed by atoms with Gasteiger partial charge in [-0.25, -0.2) is 9.97 Å². The summed E-state index contributed by atoms with van der Waals surface area (Å²) in [5.74, 6) is 0.651. The third kappa shape index (κ3) is 1.95. The van der Waals surface area contributed by atoms with Crippen molar-refractivity contribution in [2.45, 2.75) is 13.5 Å². The number of rotatable bonds is 3. The zero-order valence-electron chi connectivity index (χ0n) is 9.31. The molecular formula is C10H14N6. The zero-order valence-corrected chi connectivity index (χ0v) is 9.31. The number of aryl methyl sites for hydroxylation is 1. The molecule has 0 bridgehead atoms. The molecule has 0 saturated carbocycles. The van der Waals surface area contributed by atoms with E-state index in [1.165, 1.54) is 6.33 Å². The van der Waals surface area contributed by atoms with Crippen LogP contribution in [0.15, 0.2) is 18.7 Å². The molecule has 16 heavy (non-hydrogen) atoms. The maximum atomic E-state index is 5.72. The number of anilines is 2. The van der Waals surface area contributed by atoms with E-state index >= 15 is 0 Å². The minimum absolute atomic E-state index is 0.545. The van der Waals surface area contributed by atoms with Gasteiger partial charge in [0.1, 0.15) is 6.33 Å². The standard InChI is InChI=1S/C10H14N6/c1-7-8(4-15-16(7)2)3-13-10-9(11)5-12-6-14-10/h4-6H,3,11H2,1-2H3,(H,12,13,14). The van der Waals surface area contributed by atoms with E-state index in [2.05, 4.69) is 20.4 Å². The fraction of sp³-hybridized carbons (Fsp3) is 0.300. The quantitative estimate of drug-likeness (QED) is 0.793. The summed E-state index contributed by atoms with van der Waals surface area (Å²) < 4.78 is 1.83. The van der Waals surface area contributed by atoms with E-state index in [-0.39, 0.29) is 0 Å². The van der Waals surface area contributed by atoms with Gasteiger partial charge in [0.2, 0.25) is 0 Å². The van der Waals surface area contributed by atoms with Crippen LogP contribution in [0.2, 0.25) is 0 Å². The number of hydrogen-bond acceptors (Lipinski definition) is 5. The second-order valence-electron chi connectivity index (χ2n) is 3.56. The molecule has 0 saturated heterocycles. The summed E-state index contributed by atoms with van der Waals surface area (Å²) in [5.41, 5.74) is 8.52. The van der Waals surface area contributed by atoms with Crippen molar-refractivity contribution in [1.29, 1.82) is 0 Å². The average Bonchev–Trinajstić information content (AvgIpc) is 2.59. The lowest BCUT2D eigenvalue weighted by molar-refractivity contribution is 0.738. The number of nitrogens with one attached hydrogen (secondary N) is 1. The summed E-state index contributed by atoms with van der Waals surface area (Å²) in [6, 6.07) is 0. The van der Waals surface area contributed by atoms with Gasteiger partial charge in [-0.05, 0) is 6.92 Å². The van der Waals surface area contributed by atoms with E-state index in [4.69, 9.17) is 5.73 Å². The number of nitrogens with zero attached hydrogens (tertiary/aromatic N) is 4. The predicted molar refractivity (Wildman–Crippen MR) is 61.7 cm³/mol.